The number of amides is 2. The van der Waals surface area contributed by atoms with Gasteiger partial charge in [0.15, 0.2) is 5.58 Å². The van der Waals surface area contributed by atoms with E-state index in [1.54, 1.807) is 18.2 Å². The molecule has 24 heavy (non-hydrogen) atoms. The van der Waals surface area contributed by atoms with E-state index in [4.69, 9.17) is 14.7 Å². The monoisotopic (exact) mass is 329 g/mol. The molecule has 9 heteroatoms. The lowest BCUT2D eigenvalue weighted by Gasteiger charge is -2.04. The normalized spacial score (nSPS) is 12.1. The number of hydrogen-bond acceptors (Lipinski definition) is 8. The second-order valence-electron chi connectivity index (χ2n) is 5.18. The quantitative estimate of drug-likeness (QED) is 0.598. The maximum atomic E-state index is 11.6. The van der Waals surface area contributed by atoms with E-state index in [0.717, 1.165) is 11.3 Å². The molecular formula is C15H15N5O4. The predicted molar refractivity (Wildman–Crippen MR) is 84.4 cm³/mol. The second kappa shape index (κ2) is 6.13. The molecule has 0 aliphatic carbocycles. The van der Waals surface area contributed by atoms with Gasteiger partial charge in [-0.05, 0) is 26.0 Å². The number of aryl methyl sites for hydroxylation is 1. The van der Waals surface area contributed by atoms with E-state index < -0.39 is 11.9 Å². The van der Waals surface area contributed by atoms with E-state index in [9.17, 15) is 9.59 Å². The first kappa shape index (κ1) is 15.7. The van der Waals surface area contributed by atoms with Gasteiger partial charge in [-0.1, -0.05) is 5.16 Å². The summed E-state index contributed by atoms with van der Waals surface area (Å²) in [5.74, 6) is 0.584. The van der Waals surface area contributed by atoms with Crippen molar-refractivity contribution in [2.45, 2.75) is 19.9 Å². The van der Waals surface area contributed by atoms with Gasteiger partial charge in [0.1, 0.15) is 23.1 Å². The molecule has 0 aliphatic heterocycles. The van der Waals surface area contributed by atoms with Crippen LogP contribution in [-0.4, -0.2) is 22.5 Å². The maximum absolute atomic E-state index is 11.6. The van der Waals surface area contributed by atoms with Crippen LogP contribution in [0.15, 0.2) is 27.1 Å². The maximum Gasteiger partial charge on any atom is 0.251 e. The summed E-state index contributed by atoms with van der Waals surface area (Å²) in [5.41, 5.74) is 8.40. The molecule has 3 aromatic rings. The second-order valence-corrected chi connectivity index (χ2v) is 5.18. The molecule has 0 fully saturated rings. The highest BCUT2D eigenvalue weighted by molar-refractivity contribution is 5.91. The Morgan fingerprint density at radius 1 is 1.38 bits per heavy atom. The highest BCUT2D eigenvalue weighted by atomic mass is 16.5. The van der Waals surface area contributed by atoms with Crippen LogP contribution in [0.2, 0.25) is 0 Å². The van der Waals surface area contributed by atoms with Gasteiger partial charge < -0.3 is 20.0 Å². The zero-order valence-corrected chi connectivity index (χ0v) is 13.0. The van der Waals surface area contributed by atoms with Gasteiger partial charge in [0, 0.05) is 11.6 Å². The molecule has 1 atom stereocenters. The van der Waals surface area contributed by atoms with Gasteiger partial charge in [-0.3, -0.25) is 14.9 Å². The third-order valence-electron chi connectivity index (χ3n) is 3.58. The molecule has 0 spiro atoms. The van der Waals surface area contributed by atoms with Crippen molar-refractivity contribution < 1.29 is 18.5 Å². The zero-order chi connectivity index (χ0) is 17.3. The number of nitrogens with two attached hydrogens (primary N) is 1. The minimum absolute atomic E-state index is 0.209. The highest BCUT2D eigenvalue weighted by Crippen LogP contribution is 2.26. The lowest BCUT2D eigenvalue weighted by atomic mass is 10.2. The Balaban J connectivity index is 1.87. The molecule has 0 aliphatic rings. The number of anilines is 2. The molecule has 3 aromatic heterocycles. The van der Waals surface area contributed by atoms with E-state index in [1.165, 1.54) is 0 Å². The van der Waals surface area contributed by atoms with Crippen LogP contribution >= 0.6 is 0 Å². The van der Waals surface area contributed by atoms with Gasteiger partial charge in [-0.15, -0.1) is 0 Å². The fourth-order valence-electron chi connectivity index (χ4n) is 2.09. The molecule has 0 saturated carbocycles. The zero-order valence-electron chi connectivity index (χ0n) is 13.0. The molecule has 3 heterocycles. The van der Waals surface area contributed by atoms with Crippen molar-refractivity contribution in [3.8, 4) is 0 Å². The van der Waals surface area contributed by atoms with Crippen LogP contribution in [0.25, 0.3) is 11.1 Å². The summed E-state index contributed by atoms with van der Waals surface area (Å²) in [7, 11) is 0. The fourth-order valence-corrected chi connectivity index (χ4v) is 2.09. The summed E-state index contributed by atoms with van der Waals surface area (Å²) in [6.45, 7) is 3.72. The van der Waals surface area contributed by atoms with Crippen molar-refractivity contribution in [3.05, 3.63) is 35.2 Å². The number of pyridine rings is 1. The van der Waals surface area contributed by atoms with Gasteiger partial charge in [-0.25, -0.2) is 4.98 Å². The molecular weight excluding hydrogens is 314 g/mol. The first-order chi connectivity index (χ1) is 11.5. The largest absolute Gasteiger partial charge is 0.457 e. The highest BCUT2D eigenvalue weighted by Gasteiger charge is 2.20. The van der Waals surface area contributed by atoms with Crippen molar-refractivity contribution in [1.82, 2.24) is 15.5 Å². The standard InChI is InChI=1S/C15H15N5O4/c1-7-8(2)20-24-15(7)19-12-4-3-10-9(18-12)5-11(23-10)13(16)14(22)17-6-21/h3-6,13H,16H2,1-2H3,(H,18,19)(H,17,21,22)/t13-/m1/s1. The molecule has 2 amide bonds. The van der Waals surface area contributed by atoms with Gasteiger partial charge in [-0.2, -0.15) is 0 Å². The van der Waals surface area contributed by atoms with Crippen molar-refractivity contribution in [1.29, 1.82) is 0 Å². The van der Waals surface area contributed by atoms with Crippen LogP contribution in [0.3, 0.4) is 0 Å². The Morgan fingerprint density at radius 3 is 2.83 bits per heavy atom. The number of aromatic nitrogens is 2. The molecule has 0 radical (unpaired) electrons. The summed E-state index contributed by atoms with van der Waals surface area (Å²) in [4.78, 5) is 26.3. The van der Waals surface area contributed by atoms with Crippen LogP contribution in [0.4, 0.5) is 11.7 Å². The SMILES string of the molecule is Cc1noc(Nc2ccc3oc([C@@H](N)C(=O)NC=O)cc3n2)c1C. The molecule has 4 N–H and O–H groups in total. The first-order valence-electron chi connectivity index (χ1n) is 7.09. The summed E-state index contributed by atoms with van der Waals surface area (Å²) in [6, 6.07) is 3.84. The number of nitrogens with zero attached hydrogens (tertiary/aromatic N) is 2. The average Bonchev–Trinajstić information content (AvgIpc) is 3.12. The minimum Gasteiger partial charge on any atom is -0.457 e. The lowest BCUT2D eigenvalue weighted by Crippen LogP contribution is -2.32. The van der Waals surface area contributed by atoms with E-state index in [0.29, 0.717) is 22.8 Å². The Morgan fingerprint density at radius 2 is 2.17 bits per heavy atom. The molecule has 124 valence electrons. The van der Waals surface area contributed by atoms with Crippen LogP contribution in [0.1, 0.15) is 23.1 Å². The molecule has 0 bridgehead atoms. The molecule has 0 unspecified atom stereocenters. The fraction of sp³-hybridized carbons (Fsp3) is 0.200. The third-order valence-corrected chi connectivity index (χ3v) is 3.58. The number of nitrogens with one attached hydrogen (secondary N) is 2. The Bertz CT molecular complexity index is 914. The van der Waals surface area contributed by atoms with Crippen LogP contribution < -0.4 is 16.4 Å². The Labute approximate surface area is 136 Å². The van der Waals surface area contributed by atoms with Crippen molar-refractivity contribution >= 4 is 35.1 Å². The van der Waals surface area contributed by atoms with Gasteiger partial charge in [0.05, 0.1) is 5.69 Å². The summed E-state index contributed by atoms with van der Waals surface area (Å²) in [6.07, 6.45) is 0.271. The van der Waals surface area contributed by atoms with Crippen molar-refractivity contribution in [3.63, 3.8) is 0 Å². The van der Waals surface area contributed by atoms with Gasteiger partial charge in [0.2, 0.25) is 12.3 Å². The first-order valence-corrected chi connectivity index (χ1v) is 7.09. The number of fused-ring (bicyclic) bond motifs is 1. The molecule has 0 saturated heterocycles. The number of rotatable bonds is 5. The summed E-state index contributed by atoms with van der Waals surface area (Å²) in [5, 5.41) is 8.88. The molecule has 9 nitrogen and oxygen atoms in total. The van der Waals surface area contributed by atoms with Crippen LogP contribution in [0, 0.1) is 13.8 Å². The topological polar surface area (TPSA) is 136 Å². The molecule has 0 aromatic carbocycles. The minimum atomic E-state index is -1.10. The summed E-state index contributed by atoms with van der Waals surface area (Å²) < 4.78 is 10.7. The Hall–Kier alpha value is -3.20. The average molecular weight is 329 g/mol. The number of hydrogen-bond donors (Lipinski definition) is 3. The van der Waals surface area contributed by atoms with E-state index in [2.05, 4.69) is 15.5 Å². The number of furan rings is 1. The van der Waals surface area contributed by atoms with Gasteiger partial charge in [0.25, 0.3) is 5.91 Å². The van der Waals surface area contributed by atoms with Crippen molar-refractivity contribution in [2.24, 2.45) is 5.73 Å². The van der Waals surface area contributed by atoms with Crippen LogP contribution in [0.5, 0.6) is 0 Å². The third kappa shape index (κ3) is 2.84. The smallest absolute Gasteiger partial charge is 0.251 e. The van der Waals surface area contributed by atoms with Crippen LogP contribution in [-0.2, 0) is 9.59 Å². The van der Waals surface area contributed by atoms with E-state index in [-0.39, 0.29) is 12.2 Å². The number of imide groups is 1. The van der Waals surface area contributed by atoms with E-state index in [1.807, 2.05) is 19.2 Å². The van der Waals surface area contributed by atoms with E-state index >= 15 is 0 Å². The number of carbonyl (C=O) groups excluding carboxylic acids is 2. The van der Waals surface area contributed by atoms with Gasteiger partial charge >= 0.3 is 0 Å². The number of carbonyl (C=O) groups is 2. The molecule has 3 rings (SSSR count). The summed E-state index contributed by atoms with van der Waals surface area (Å²) >= 11 is 0. The lowest BCUT2D eigenvalue weighted by molar-refractivity contribution is -0.126. The van der Waals surface area contributed by atoms with Crippen molar-refractivity contribution in [2.75, 3.05) is 5.32 Å². The predicted octanol–water partition coefficient (Wildman–Crippen LogP) is 1.45. The Kier molecular flexibility index (Phi) is 4.00.